The molecule has 10 heteroatoms. The van der Waals surface area contributed by atoms with Crippen LogP contribution in [0.3, 0.4) is 0 Å². The van der Waals surface area contributed by atoms with Gasteiger partial charge in [0.25, 0.3) is 0 Å². The summed E-state index contributed by atoms with van der Waals surface area (Å²) in [5.41, 5.74) is 0.942. The summed E-state index contributed by atoms with van der Waals surface area (Å²) in [6.07, 6.45) is 0.262. The predicted molar refractivity (Wildman–Crippen MR) is 149 cm³/mol. The lowest BCUT2D eigenvalue weighted by Crippen LogP contribution is -2.43. The minimum Gasteiger partial charge on any atom is -0.497 e. The number of benzene rings is 2. The summed E-state index contributed by atoms with van der Waals surface area (Å²) in [6, 6.07) is 15.7. The minimum atomic E-state index is -3.91. The number of ether oxygens (including phenoxy) is 4. The first kappa shape index (κ1) is 30.5. The molecule has 0 spiro atoms. The summed E-state index contributed by atoms with van der Waals surface area (Å²) >= 11 is 0. The maximum absolute atomic E-state index is 13.6. The van der Waals surface area contributed by atoms with Gasteiger partial charge in [-0.2, -0.15) is 4.31 Å². The van der Waals surface area contributed by atoms with Crippen molar-refractivity contribution in [2.24, 2.45) is 17.8 Å². The first-order chi connectivity index (χ1) is 19.2. The Hall–Kier alpha value is -2.50. The average molecular weight is 576 g/mol. The number of hydrogen-bond acceptors (Lipinski definition) is 8. The van der Waals surface area contributed by atoms with Crippen LogP contribution in [0.2, 0.25) is 0 Å². The number of fused-ring (bicyclic) bond motifs is 1. The molecule has 220 valence electrons. The van der Waals surface area contributed by atoms with Crippen molar-refractivity contribution in [1.82, 2.24) is 4.31 Å². The lowest BCUT2D eigenvalue weighted by Gasteiger charge is -2.30. The Bertz CT molecular complexity index is 1190. The molecule has 2 aliphatic heterocycles. The van der Waals surface area contributed by atoms with E-state index >= 15 is 0 Å². The van der Waals surface area contributed by atoms with Gasteiger partial charge < -0.3 is 24.1 Å². The third kappa shape index (κ3) is 7.82. The van der Waals surface area contributed by atoms with E-state index in [9.17, 15) is 18.3 Å². The van der Waals surface area contributed by atoms with E-state index in [0.717, 1.165) is 18.4 Å². The number of carbonyl (C=O) groups is 1. The SMILES string of the molecule is COc1ccc(S(=O)(=O)N(CC(C)C)C[C@@H](O)[C@@H](CC(=O)O[C@@H]2CO[C@@H]3OCCC[C@@H]32)Cc2ccccc2)cc1. The molecule has 0 unspecified atom stereocenters. The van der Waals surface area contributed by atoms with Gasteiger partial charge in [-0.15, -0.1) is 0 Å². The molecule has 1 N–H and O–H groups in total. The quantitative estimate of drug-likeness (QED) is 0.361. The minimum absolute atomic E-state index is 0.00590. The molecule has 0 amide bonds. The van der Waals surface area contributed by atoms with E-state index < -0.39 is 28.0 Å². The number of aliphatic hydroxyl groups excluding tert-OH is 1. The molecule has 2 fully saturated rings. The second kappa shape index (κ2) is 13.9. The number of hydrogen-bond donors (Lipinski definition) is 1. The fourth-order valence-corrected chi connectivity index (χ4v) is 6.99. The summed E-state index contributed by atoms with van der Waals surface area (Å²) < 4.78 is 50.9. The standard InChI is InChI=1S/C30H41NO8S/c1-21(2)18-31(40(34,35)25-13-11-24(36-3)12-14-25)19-27(32)23(16-22-8-5-4-6-9-22)17-29(33)39-28-20-38-30-26(28)10-7-15-37-30/h4-6,8-9,11-14,21,23,26-28,30,32H,7,10,15-20H2,1-3H3/t23-,26-,27-,28-,30+/m1/s1. The zero-order valence-corrected chi connectivity index (χ0v) is 24.3. The molecule has 0 saturated carbocycles. The molecule has 9 nitrogen and oxygen atoms in total. The Morgan fingerprint density at radius 3 is 2.48 bits per heavy atom. The molecule has 2 heterocycles. The summed E-state index contributed by atoms with van der Waals surface area (Å²) in [7, 11) is -2.39. The fourth-order valence-electron chi connectivity index (χ4n) is 5.37. The summed E-state index contributed by atoms with van der Waals surface area (Å²) in [6.45, 7) is 4.84. The van der Waals surface area contributed by atoms with Gasteiger partial charge in [-0.05, 0) is 55.0 Å². The maximum atomic E-state index is 13.6. The molecular weight excluding hydrogens is 534 g/mol. The van der Waals surface area contributed by atoms with Crippen LogP contribution in [0.25, 0.3) is 0 Å². The van der Waals surface area contributed by atoms with Crippen molar-refractivity contribution in [2.45, 2.75) is 62.9 Å². The molecule has 2 aliphatic rings. The van der Waals surface area contributed by atoms with Crippen molar-refractivity contribution in [3.63, 3.8) is 0 Å². The molecule has 2 aromatic rings. The number of sulfonamides is 1. The van der Waals surface area contributed by atoms with Crippen molar-refractivity contribution < 1.29 is 37.3 Å². The van der Waals surface area contributed by atoms with Gasteiger partial charge in [0.05, 0.1) is 31.1 Å². The maximum Gasteiger partial charge on any atom is 0.306 e. The highest BCUT2D eigenvalue weighted by Crippen LogP contribution is 2.33. The number of carbonyl (C=O) groups excluding carboxylic acids is 1. The van der Waals surface area contributed by atoms with Gasteiger partial charge in [0.15, 0.2) is 6.29 Å². The molecule has 0 bridgehead atoms. The van der Waals surface area contributed by atoms with E-state index in [1.165, 1.54) is 23.5 Å². The topological polar surface area (TPSA) is 112 Å². The summed E-state index contributed by atoms with van der Waals surface area (Å²) in [5.74, 6) is -0.420. The number of rotatable bonds is 13. The number of esters is 1. The fraction of sp³-hybridized carbons (Fsp3) is 0.567. The predicted octanol–water partition coefficient (Wildman–Crippen LogP) is 3.65. The zero-order valence-electron chi connectivity index (χ0n) is 23.5. The van der Waals surface area contributed by atoms with E-state index in [1.807, 2.05) is 44.2 Å². The number of nitrogens with zero attached hydrogens (tertiary/aromatic N) is 1. The van der Waals surface area contributed by atoms with Crippen LogP contribution in [-0.4, -0.2) is 75.7 Å². The largest absolute Gasteiger partial charge is 0.497 e. The Morgan fingerprint density at radius 1 is 1.07 bits per heavy atom. The van der Waals surface area contributed by atoms with Gasteiger partial charge in [0.2, 0.25) is 10.0 Å². The highest BCUT2D eigenvalue weighted by Gasteiger charge is 2.42. The molecule has 0 radical (unpaired) electrons. The van der Waals surface area contributed by atoms with Crippen LogP contribution in [0.1, 0.15) is 38.7 Å². The smallest absolute Gasteiger partial charge is 0.306 e. The van der Waals surface area contributed by atoms with Crippen LogP contribution in [-0.2, 0) is 35.4 Å². The van der Waals surface area contributed by atoms with Crippen LogP contribution < -0.4 is 4.74 Å². The number of methoxy groups -OCH3 is 1. The molecule has 4 rings (SSSR count). The van der Waals surface area contributed by atoms with Crippen molar-refractivity contribution in [2.75, 3.05) is 33.4 Å². The second-order valence-electron chi connectivity index (χ2n) is 11.0. The van der Waals surface area contributed by atoms with Crippen molar-refractivity contribution in [1.29, 1.82) is 0 Å². The first-order valence-electron chi connectivity index (χ1n) is 14.0. The highest BCUT2D eigenvalue weighted by atomic mass is 32.2. The van der Waals surface area contributed by atoms with E-state index in [1.54, 1.807) is 12.1 Å². The highest BCUT2D eigenvalue weighted by molar-refractivity contribution is 7.89. The van der Waals surface area contributed by atoms with E-state index in [-0.39, 0.29) is 55.2 Å². The molecule has 5 atom stereocenters. The van der Waals surface area contributed by atoms with Crippen LogP contribution >= 0.6 is 0 Å². The van der Waals surface area contributed by atoms with Crippen LogP contribution in [0.5, 0.6) is 5.75 Å². The Morgan fingerprint density at radius 2 is 1.80 bits per heavy atom. The monoisotopic (exact) mass is 575 g/mol. The molecular formula is C30H41NO8S. The van der Waals surface area contributed by atoms with E-state index in [0.29, 0.717) is 18.8 Å². The van der Waals surface area contributed by atoms with Gasteiger partial charge in [-0.3, -0.25) is 4.79 Å². The summed E-state index contributed by atoms with van der Waals surface area (Å²) in [4.78, 5) is 13.3. The van der Waals surface area contributed by atoms with Gasteiger partial charge >= 0.3 is 5.97 Å². The molecule has 40 heavy (non-hydrogen) atoms. The molecule has 2 aromatic carbocycles. The lowest BCUT2D eigenvalue weighted by molar-refractivity contribution is -0.160. The third-order valence-electron chi connectivity index (χ3n) is 7.47. The summed E-state index contributed by atoms with van der Waals surface area (Å²) in [5, 5.41) is 11.5. The van der Waals surface area contributed by atoms with Gasteiger partial charge in [0, 0.05) is 31.5 Å². The molecule has 2 saturated heterocycles. The van der Waals surface area contributed by atoms with Gasteiger partial charge in [0.1, 0.15) is 11.9 Å². The van der Waals surface area contributed by atoms with E-state index in [4.69, 9.17) is 18.9 Å². The average Bonchev–Trinajstić information content (AvgIpc) is 3.35. The van der Waals surface area contributed by atoms with Crippen LogP contribution in [0, 0.1) is 17.8 Å². The van der Waals surface area contributed by atoms with Gasteiger partial charge in [-0.1, -0.05) is 44.2 Å². The molecule has 0 aromatic heterocycles. The van der Waals surface area contributed by atoms with E-state index in [2.05, 4.69) is 0 Å². The second-order valence-corrected chi connectivity index (χ2v) is 13.0. The zero-order chi connectivity index (χ0) is 28.7. The van der Waals surface area contributed by atoms with Crippen LogP contribution in [0.15, 0.2) is 59.5 Å². The first-order valence-corrected chi connectivity index (χ1v) is 15.4. The van der Waals surface area contributed by atoms with Crippen molar-refractivity contribution >= 4 is 16.0 Å². The Labute approximate surface area is 237 Å². The van der Waals surface area contributed by atoms with Crippen molar-refractivity contribution in [3.05, 3.63) is 60.2 Å². The van der Waals surface area contributed by atoms with Gasteiger partial charge in [-0.25, -0.2) is 8.42 Å². The Kier molecular flexibility index (Phi) is 10.6. The normalized spacial score (nSPS) is 22.6. The molecule has 0 aliphatic carbocycles. The third-order valence-corrected chi connectivity index (χ3v) is 9.31. The van der Waals surface area contributed by atoms with Crippen LogP contribution in [0.4, 0.5) is 0 Å². The Balaban J connectivity index is 1.50. The lowest BCUT2D eigenvalue weighted by atomic mass is 9.90. The van der Waals surface area contributed by atoms with Crippen molar-refractivity contribution in [3.8, 4) is 5.75 Å². The number of aliphatic hydroxyl groups is 1.